The summed E-state index contributed by atoms with van der Waals surface area (Å²) in [6.07, 6.45) is 2.29. The molecule has 3 rings (SSSR count). The largest absolute Gasteiger partial charge is 0.476 e. The lowest BCUT2D eigenvalue weighted by atomic mass is 9.85. The van der Waals surface area contributed by atoms with Crippen LogP contribution in [0.4, 0.5) is 0 Å². The van der Waals surface area contributed by atoms with Gasteiger partial charge in [-0.25, -0.2) is 9.37 Å². The van der Waals surface area contributed by atoms with Gasteiger partial charge in [0.25, 0.3) is 0 Å². The van der Waals surface area contributed by atoms with Crippen LogP contribution in [0.2, 0.25) is 0 Å². The van der Waals surface area contributed by atoms with Crippen LogP contribution >= 0.6 is 11.8 Å². The summed E-state index contributed by atoms with van der Waals surface area (Å²) in [4.78, 5) is 24.6. The number of thioether (sulfide) groups is 1. The minimum absolute atomic E-state index is 0.0895. The zero-order valence-corrected chi connectivity index (χ0v) is 11.4. The second-order valence-electron chi connectivity index (χ2n) is 5.36. The van der Waals surface area contributed by atoms with Gasteiger partial charge in [-0.05, 0) is 13.0 Å². The fourth-order valence-electron chi connectivity index (χ4n) is 3.00. The summed E-state index contributed by atoms with van der Waals surface area (Å²) in [5.74, 6) is -0.153. The fourth-order valence-corrected chi connectivity index (χ4v) is 4.24. The maximum Gasteiger partial charge on any atom is 0.373 e. The molecule has 1 fully saturated rings. The average molecular weight is 279 g/mol. The van der Waals surface area contributed by atoms with Crippen LogP contribution in [0.25, 0.3) is 0 Å². The molecule has 0 aliphatic carbocycles. The van der Waals surface area contributed by atoms with Gasteiger partial charge in [-0.2, -0.15) is 0 Å². The molecule has 0 aromatic heterocycles. The van der Waals surface area contributed by atoms with Crippen LogP contribution in [0.5, 0.6) is 0 Å². The highest BCUT2D eigenvalue weighted by Gasteiger charge is 2.61. The van der Waals surface area contributed by atoms with Crippen molar-refractivity contribution in [3.8, 4) is 0 Å². The van der Waals surface area contributed by atoms with Crippen LogP contribution in [0.1, 0.15) is 13.3 Å². The molecule has 0 aromatic carbocycles. The smallest absolute Gasteiger partial charge is 0.373 e. The summed E-state index contributed by atoms with van der Waals surface area (Å²) in [7, 11) is 0. The molecule has 0 saturated carbocycles. The summed E-state index contributed by atoms with van der Waals surface area (Å²) >= 11 is 1.64. The molecule has 1 saturated heterocycles. The SMILES string of the molecule is C=[N+]1CC2(CC1C(=O)O)C(=O)NC1=C2SCC(C)=C1. The minimum Gasteiger partial charge on any atom is -0.476 e. The van der Waals surface area contributed by atoms with Crippen LogP contribution in [-0.2, 0) is 9.59 Å². The van der Waals surface area contributed by atoms with E-state index in [1.54, 1.807) is 11.8 Å². The zero-order valence-electron chi connectivity index (χ0n) is 10.6. The van der Waals surface area contributed by atoms with Gasteiger partial charge in [-0.1, -0.05) is 5.57 Å². The second-order valence-corrected chi connectivity index (χ2v) is 6.35. The monoisotopic (exact) mass is 279 g/mol. The molecule has 0 bridgehead atoms. The Morgan fingerprint density at radius 3 is 3.05 bits per heavy atom. The number of hydrogen-bond donors (Lipinski definition) is 2. The molecule has 0 aromatic rings. The third-order valence-corrected chi connectivity index (χ3v) is 5.44. The molecule has 2 unspecified atom stereocenters. The Hall–Kier alpha value is -1.56. The van der Waals surface area contributed by atoms with Crippen molar-refractivity contribution in [1.82, 2.24) is 5.32 Å². The molecule has 1 amide bonds. The van der Waals surface area contributed by atoms with Crippen molar-refractivity contribution in [2.75, 3.05) is 12.3 Å². The zero-order chi connectivity index (χ0) is 13.8. The number of amides is 1. The number of nitrogens with zero attached hydrogens (tertiary/aromatic N) is 1. The molecule has 3 heterocycles. The first-order chi connectivity index (χ1) is 8.94. The van der Waals surface area contributed by atoms with Crippen molar-refractivity contribution in [2.24, 2.45) is 5.41 Å². The topological polar surface area (TPSA) is 69.4 Å². The summed E-state index contributed by atoms with van der Waals surface area (Å²) < 4.78 is 1.52. The molecule has 1 spiro atoms. The van der Waals surface area contributed by atoms with E-state index in [0.29, 0.717) is 13.0 Å². The van der Waals surface area contributed by atoms with E-state index < -0.39 is 17.4 Å². The Labute approximate surface area is 115 Å². The lowest BCUT2D eigenvalue weighted by molar-refractivity contribution is -0.527. The van der Waals surface area contributed by atoms with E-state index in [2.05, 4.69) is 12.0 Å². The molecule has 2 atom stereocenters. The fraction of sp³-hybridized carbons (Fsp3) is 0.462. The third-order valence-electron chi connectivity index (χ3n) is 3.94. The van der Waals surface area contributed by atoms with E-state index in [0.717, 1.165) is 16.4 Å². The quantitative estimate of drug-likeness (QED) is 0.689. The Bertz CT molecular complexity index is 578. The summed E-state index contributed by atoms with van der Waals surface area (Å²) in [6, 6.07) is -0.690. The van der Waals surface area contributed by atoms with Crippen molar-refractivity contribution in [3.63, 3.8) is 0 Å². The van der Waals surface area contributed by atoms with E-state index in [1.165, 1.54) is 10.1 Å². The lowest BCUT2D eigenvalue weighted by Gasteiger charge is -2.20. The van der Waals surface area contributed by atoms with Crippen LogP contribution in [0.3, 0.4) is 0 Å². The molecule has 19 heavy (non-hydrogen) atoms. The highest BCUT2D eigenvalue weighted by molar-refractivity contribution is 8.03. The maximum atomic E-state index is 12.3. The number of nitrogens with one attached hydrogen (secondary N) is 1. The molecule has 3 aliphatic heterocycles. The van der Waals surface area contributed by atoms with E-state index in [4.69, 9.17) is 0 Å². The lowest BCUT2D eigenvalue weighted by Crippen LogP contribution is -2.35. The van der Waals surface area contributed by atoms with E-state index in [-0.39, 0.29) is 5.91 Å². The first-order valence-corrected chi connectivity index (χ1v) is 7.09. The Morgan fingerprint density at radius 1 is 1.68 bits per heavy atom. The molecular formula is C13H15N2O3S+. The number of carboxylic acid groups (broad SMARTS) is 1. The number of rotatable bonds is 1. The maximum absolute atomic E-state index is 12.3. The van der Waals surface area contributed by atoms with Crippen molar-refractivity contribution in [3.05, 3.63) is 22.3 Å². The predicted molar refractivity (Wildman–Crippen MR) is 72.1 cm³/mol. The number of carbonyl (C=O) groups excluding carboxylic acids is 1. The average Bonchev–Trinajstić information content (AvgIpc) is 2.79. The van der Waals surface area contributed by atoms with Crippen LogP contribution in [-0.4, -0.2) is 46.6 Å². The van der Waals surface area contributed by atoms with Crippen molar-refractivity contribution < 1.29 is 19.3 Å². The van der Waals surface area contributed by atoms with Gasteiger partial charge >= 0.3 is 5.97 Å². The van der Waals surface area contributed by atoms with Crippen molar-refractivity contribution in [1.29, 1.82) is 0 Å². The van der Waals surface area contributed by atoms with Crippen molar-refractivity contribution >= 4 is 30.4 Å². The van der Waals surface area contributed by atoms with Crippen LogP contribution in [0, 0.1) is 5.41 Å². The standard InChI is InChI=1S/C13H14N2O3S/c1-7-3-8-10(19-5-7)13(12(18)14-8)4-9(11(16)17)15(2)6-13/h3,9H,2,4-6H2,1H3,(H-,14,16,17,18)/p+1. The molecule has 0 radical (unpaired) electrons. The summed E-state index contributed by atoms with van der Waals surface area (Å²) in [6.45, 7) is 6.17. The summed E-state index contributed by atoms with van der Waals surface area (Å²) in [5, 5.41) is 12.1. The second kappa shape index (κ2) is 3.96. The van der Waals surface area contributed by atoms with Gasteiger partial charge in [-0.3, -0.25) is 4.79 Å². The molecule has 6 heteroatoms. The Morgan fingerprint density at radius 2 is 2.42 bits per heavy atom. The van der Waals surface area contributed by atoms with E-state index in [1.807, 2.05) is 13.0 Å². The van der Waals surface area contributed by atoms with Crippen LogP contribution < -0.4 is 5.32 Å². The molecule has 3 aliphatic rings. The number of allylic oxidation sites excluding steroid dienone is 1. The van der Waals surface area contributed by atoms with Gasteiger partial charge in [0.05, 0.1) is 5.70 Å². The van der Waals surface area contributed by atoms with Crippen LogP contribution in [0.15, 0.2) is 22.3 Å². The first kappa shape index (κ1) is 12.5. The normalized spacial score (nSPS) is 33.5. The predicted octanol–water partition coefficient (Wildman–Crippen LogP) is 0.577. The van der Waals surface area contributed by atoms with Crippen molar-refractivity contribution in [2.45, 2.75) is 19.4 Å². The van der Waals surface area contributed by atoms with Gasteiger partial charge in [0.2, 0.25) is 11.9 Å². The third kappa shape index (κ3) is 1.66. The van der Waals surface area contributed by atoms with Gasteiger partial charge in [-0.15, -0.1) is 11.8 Å². The number of aliphatic carboxylic acids is 1. The van der Waals surface area contributed by atoms with Gasteiger partial charge in [0.1, 0.15) is 12.1 Å². The molecule has 2 N–H and O–H groups in total. The molecule has 5 nitrogen and oxygen atoms in total. The number of hydrogen-bond acceptors (Lipinski definition) is 3. The first-order valence-electron chi connectivity index (χ1n) is 6.10. The minimum atomic E-state index is -0.916. The highest BCUT2D eigenvalue weighted by atomic mass is 32.2. The number of carbonyl (C=O) groups is 2. The molecule has 100 valence electrons. The van der Waals surface area contributed by atoms with Gasteiger partial charge in [0.15, 0.2) is 6.54 Å². The highest BCUT2D eigenvalue weighted by Crippen LogP contribution is 2.51. The van der Waals surface area contributed by atoms with E-state index in [9.17, 15) is 14.7 Å². The van der Waals surface area contributed by atoms with E-state index >= 15 is 0 Å². The Kier molecular flexibility index (Phi) is 2.60. The molecular weight excluding hydrogens is 264 g/mol. The van der Waals surface area contributed by atoms with Gasteiger partial charge < -0.3 is 10.4 Å². The number of carboxylic acids is 1. The van der Waals surface area contributed by atoms with Gasteiger partial charge in [0, 0.05) is 17.1 Å². The summed E-state index contributed by atoms with van der Waals surface area (Å²) in [5.41, 5.74) is 1.33. The Balaban J connectivity index is 2.03. The number of fused-ring (bicyclic) bond motifs is 1.